The molecular formula is C49H67N5O10. The number of aromatic nitrogens is 5. The highest BCUT2D eigenvalue weighted by atomic mass is 16.6. The largest absolute Gasteiger partial charge is 0.487 e. The van der Waals surface area contributed by atoms with Crippen LogP contribution in [0, 0.1) is 6.92 Å². The van der Waals surface area contributed by atoms with Gasteiger partial charge in [-0.25, -0.2) is 9.97 Å². The summed E-state index contributed by atoms with van der Waals surface area (Å²) in [7, 11) is 3.03. The topological polar surface area (TPSA) is 178 Å². The number of aryl methyl sites for hydroxylation is 2. The second-order valence-electron chi connectivity index (χ2n) is 15.2. The molecule has 4 heterocycles. The monoisotopic (exact) mass is 885 g/mol. The molecule has 2 aliphatic heterocycles. The van der Waals surface area contributed by atoms with E-state index in [4.69, 9.17) is 57.8 Å². The second-order valence-corrected chi connectivity index (χ2v) is 15.2. The second kappa shape index (κ2) is 26.7. The summed E-state index contributed by atoms with van der Waals surface area (Å²) in [6.07, 6.45) is 7.96. The van der Waals surface area contributed by atoms with Crippen LogP contribution in [0.15, 0.2) is 36.7 Å². The fourth-order valence-corrected chi connectivity index (χ4v) is 7.48. The highest BCUT2D eigenvalue weighted by molar-refractivity contribution is 5.96. The van der Waals surface area contributed by atoms with Gasteiger partial charge in [0.1, 0.15) is 13.2 Å². The van der Waals surface area contributed by atoms with Crippen LogP contribution in [0.3, 0.4) is 0 Å². The molecule has 0 spiro atoms. The Morgan fingerprint density at radius 1 is 0.625 bits per heavy atom. The van der Waals surface area contributed by atoms with Gasteiger partial charge < -0.3 is 48.0 Å². The van der Waals surface area contributed by atoms with Crippen molar-refractivity contribution >= 4 is 50.3 Å². The standard InChI is InChI=1S/C49H67N5O10/c1-8-16-59-19-20-61-23-25-63-47-29-43-44(30-48(47)64-26-24-62-22-21-60-18-17-57-6)51-32-46-34(5)38(13-14-49(56)58-7)42(54-46)28-40-36(10-3)35(9-2)39(52-40)27-41-37(12-11-15-55)33(4)45(53-41)31-50-43/h27-32,53,55H,8-26H2,1-7H3. The number of aliphatic hydroxyl groups excluding tert-OH is 1. The van der Waals surface area contributed by atoms with E-state index in [1.165, 1.54) is 12.7 Å². The number of hydrogen-bond donors (Lipinski definition) is 2. The van der Waals surface area contributed by atoms with Crippen LogP contribution in [-0.4, -0.2) is 129 Å². The summed E-state index contributed by atoms with van der Waals surface area (Å²) >= 11 is 0. The number of hydrogen-bond acceptors (Lipinski definition) is 14. The summed E-state index contributed by atoms with van der Waals surface area (Å²) < 4.78 is 45.3. The minimum Gasteiger partial charge on any atom is -0.487 e. The van der Waals surface area contributed by atoms with Gasteiger partial charge in [-0.05, 0) is 97.9 Å². The van der Waals surface area contributed by atoms with Gasteiger partial charge in [0.2, 0.25) is 0 Å². The zero-order chi connectivity index (χ0) is 45.7. The first kappa shape index (κ1) is 50.0. The fraction of sp³-hybridized carbons (Fsp3) is 0.531. The number of carbonyl (C=O) groups excluding carboxylic acids is 1. The number of carbonyl (C=O) groups is 1. The summed E-state index contributed by atoms with van der Waals surface area (Å²) in [6, 6.07) is 7.78. The number of H-pyrrole nitrogens is 1. The van der Waals surface area contributed by atoms with E-state index in [1.807, 2.05) is 25.1 Å². The van der Waals surface area contributed by atoms with Gasteiger partial charge in [0.25, 0.3) is 0 Å². The van der Waals surface area contributed by atoms with Crippen molar-refractivity contribution in [3.63, 3.8) is 0 Å². The van der Waals surface area contributed by atoms with Crippen molar-refractivity contribution in [2.24, 2.45) is 0 Å². The van der Waals surface area contributed by atoms with Gasteiger partial charge in [-0.2, -0.15) is 0 Å². The van der Waals surface area contributed by atoms with Gasteiger partial charge in [-0.1, -0.05) is 20.8 Å². The van der Waals surface area contributed by atoms with E-state index in [-0.39, 0.29) is 32.2 Å². The third-order valence-electron chi connectivity index (χ3n) is 10.9. The number of aliphatic hydroxyl groups is 1. The van der Waals surface area contributed by atoms with Crippen molar-refractivity contribution in [1.29, 1.82) is 0 Å². The van der Waals surface area contributed by atoms with Crippen LogP contribution in [0.2, 0.25) is 0 Å². The molecule has 0 atom stereocenters. The molecular weight excluding hydrogens is 819 g/mol. The molecule has 0 amide bonds. The Hall–Kier alpha value is -5.03. The molecule has 0 unspecified atom stereocenters. The van der Waals surface area contributed by atoms with Gasteiger partial charge in [-0.3, -0.25) is 14.8 Å². The third kappa shape index (κ3) is 14.0. The van der Waals surface area contributed by atoms with E-state index >= 15 is 0 Å². The smallest absolute Gasteiger partial charge is 0.305 e. The van der Waals surface area contributed by atoms with E-state index in [9.17, 15) is 9.90 Å². The van der Waals surface area contributed by atoms with Crippen LogP contribution in [0.1, 0.15) is 100 Å². The van der Waals surface area contributed by atoms with Gasteiger partial charge in [0.05, 0.1) is 112 Å². The van der Waals surface area contributed by atoms with Crippen molar-refractivity contribution in [3.05, 3.63) is 70.6 Å². The average molecular weight is 886 g/mol. The molecule has 15 heteroatoms. The Morgan fingerprint density at radius 2 is 1.17 bits per heavy atom. The maximum atomic E-state index is 12.4. The molecule has 0 saturated carbocycles. The molecule has 348 valence electrons. The first-order valence-electron chi connectivity index (χ1n) is 22.5. The van der Waals surface area contributed by atoms with Crippen LogP contribution in [-0.2, 0) is 39.6 Å². The Labute approximate surface area is 377 Å². The lowest BCUT2D eigenvalue weighted by Crippen LogP contribution is -2.13. The van der Waals surface area contributed by atoms with Crippen molar-refractivity contribution < 1.29 is 47.8 Å². The first-order chi connectivity index (χ1) is 31.3. The van der Waals surface area contributed by atoms with Gasteiger partial charge in [0.15, 0.2) is 11.5 Å². The number of esters is 1. The van der Waals surface area contributed by atoms with Crippen LogP contribution < -0.4 is 9.47 Å². The van der Waals surface area contributed by atoms with Gasteiger partial charge in [-0.15, -0.1) is 0 Å². The number of nitrogens with zero attached hydrogens (tertiary/aromatic N) is 4. The molecule has 2 N–H and O–H groups in total. The summed E-state index contributed by atoms with van der Waals surface area (Å²) in [5, 5.41) is 9.87. The van der Waals surface area contributed by atoms with E-state index in [0.717, 1.165) is 75.2 Å². The lowest BCUT2D eigenvalue weighted by molar-refractivity contribution is -0.140. The predicted molar refractivity (Wildman–Crippen MR) is 249 cm³/mol. The molecule has 0 saturated heterocycles. The molecule has 5 rings (SSSR count). The van der Waals surface area contributed by atoms with Crippen LogP contribution >= 0.6 is 0 Å². The Bertz CT molecular complexity index is 2270. The van der Waals surface area contributed by atoms with Crippen molar-refractivity contribution in [2.75, 3.05) is 93.5 Å². The molecule has 0 fully saturated rings. The van der Waals surface area contributed by atoms with Crippen molar-refractivity contribution in [3.8, 4) is 11.5 Å². The quantitative estimate of drug-likeness (QED) is 0.0555. The molecule has 3 aromatic rings. The highest BCUT2D eigenvalue weighted by Gasteiger charge is 2.22. The SMILES string of the molecule is CCCOCCOCCOc1cc2ncc3[nH]c(cc4nc(cc5nc(cnc2cc1OCCOCCOCCOC)C(C)=C5CCC(=O)OC)C(CC)=C4CC)c(CCCO)c3C. The molecule has 0 radical (unpaired) electrons. The van der Waals surface area contributed by atoms with Crippen LogP contribution in [0.4, 0.5) is 0 Å². The number of benzene rings is 1. The summed E-state index contributed by atoms with van der Waals surface area (Å²) in [5.74, 6) is 0.623. The normalized spacial score (nSPS) is 12.6. The molecule has 0 aliphatic carbocycles. The van der Waals surface area contributed by atoms with E-state index < -0.39 is 0 Å². The molecule has 6 bridgehead atoms. The van der Waals surface area contributed by atoms with Gasteiger partial charge >= 0.3 is 5.97 Å². The predicted octanol–water partition coefficient (Wildman–Crippen LogP) is 8.07. The number of fused-ring (bicyclic) bond motifs is 7. The number of allylic oxidation sites excluding steroid dienone is 4. The number of nitrogens with one attached hydrogen (secondary N) is 1. The zero-order valence-corrected chi connectivity index (χ0v) is 38.8. The average Bonchev–Trinajstić information content (AvgIpc) is 3.90. The fourth-order valence-electron chi connectivity index (χ4n) is 7.48. The number of rotatable bonds is 27. The van der Waals surface area contributed by atoms with Crippen LogP contribution in [0.25, 0.3) is 44.4 Å². The third-order valence-corrected chi connectivity index (χ3v) is 10.9. The van der Waals surface area contributed by atoms with E-state index in [1.54, 1.807) is 19.5 Å². The van der Waals surface area contributed by atoms with Crippen LogP contribution in [0.5, 0.6) is 11.5 Å². The molecule has 2 aromatic heterocycles. The lowest BCUT2D eigenvalue weighted by atomic mass is 9.98. The Kier molecular flexibility index (Phi) is 20.8. The Morgan fingerprint density at radius 3 is 1.75 bits per heavy atom. The highest BCUT2D eigenvalue weighted by Crippen LogP contribution is 2.38. The lowest BCUT2D eigenvalue weighted by Gasteiger charge is -2.14. The number of aromatic amines is 1. The van der Waals surface area contributed by atoms with Gasteiger partial charge in [0, 0.05) is 44.4 Å². The summed E-state index contributed by atoms with van der Waals surface area (Å²) in [5.41, 5.74) is 12.1. The van der Waals surface area contributed by atoms with Crippen molar-refractivity contribution in [2.45, 2.75) is 79.6 Å². The van der Waals surface area contributed by atoms with E-state index in [0.29, 0.717) is 107 Å². The maximum Gasteiger partial charge on any atom is 0.305 e. The first-order valence-corrected chi connectivity index (χ1v) is 22.5. The zero-order valence-electron chi connectivity index (χ0n) is 38.8. The number of ether oxygens (including phenoxy) is 8. The molecule has 1 aromatic carbocycles. The Balaban J connectivity index is 1.68. The maximum absolute atomic E-state index is 12.4. The molecule has 15 nitrogen and oxygen atoms in total. The minimum absolute atomic E-state index is 0.0689. The summed E-state index contributed by atoms with van der Waals surface area (Å²) in [6.45, 7) is 15.2. The van der Waals surface area contributed by atoms with Crippen molar-refractivity contribution in [1.82, 2.24) is 24.9 Å². The number of methoxy groups -OCH3 is 2. The molecule has 2 aliphatic rings. The minimum atomic E-state index is -0.301. The summed E-state index contributed by atoms with van der Waals surface area (Å²) in [4.78, 5) is 36.4. The van der Waals surface area contributed by atoms with E-state index in [2.05, 4.69) is 38.7 Å². The molecule has 64 heavy (non-hydrogen) atoms.